The molecular weight excluding hydrogens is 424 g/mol. The Bertz CT molecular complexity index is 741. The van der Waals surface area contributed by atoms with Crippen molar-refractivity contribution in [3.8, 4) is 0 Å². The second-order valence-electron chi connectivity index (χ2n) is 8.94. The van der Waals surface area contributed by atoms with Gasteiger partial charge in [-0.15, -0.1) is 0 Å². The van der Waals surface area contributed by atoms with Crippen molar-refractivity contribution in [1.82, 2.24) is 29.9 Å². The van der Waals surface area contributed by atoms with E-state index < -0.39 is 6.23 Å². The van der Waals surface area contributed by atoms with Crippen LogP contribution < -0.4 is 5.32 Å². The highest BCUT2D eigenvalue weighted by molar-refractivity contribution is 5.78. The van der Waals surface area contributed by atoms with Crippen LogP contribution in [0.3, 0.4) is 0 Å². The molecule has 1 aromatic heterocycles. The molecule has 1 amide bonds. The van der Waals surface area contributed by atoms with E-state index in [0.29, 0.717) is 65.7 Å². The third-order valence-corrected chi connectivity index (χ3v) is 6.46. The van der Waals surface area contributed by atoms with Crippen molar-refractivity contribution >= 4 is 5.91 Å². The van der Waals surface area contributed by atoms with Crippen LogP contribution in [0.2, 0.25) is 0 Å². The highest BCUT2D eigenvalue weighted by atomic mass is 16.5. The lowest BCUT2D eigenvalue weighted by molar-refractivity contribution is -0.136. The van der Waals surface area contributed by atoms with Gasteiger partial charge in [-0.3, -0.25) is 24.5 Å². The lowest BCUT2D eigenvalue weighted by atomic mass is 10.2. The summed E-state index contributed by atoms with van der Waals surface area (Å²) >= 11 is 0. The first kappa shape index (κ1) is 24.5. The number of amides is 1. The van der Waals surface area contributed by atoms with Gasteiger partial charge in [-0.1, -0.05) is 6.07 Å². The fourth-order valence-corrected chi connectivity index (χ4v) is 4.54. The normalized spacial score (nSPS) is 23.5. The van der Waals surface area contributed by atoms with Crippen molar-refractivity contribution in [2.24, 2.45) is 0 Å². The molecule has 3 aliphatic rings. The van der Waals surface area contributed by atoms with Crippen LogP contribution in [0.15, 0.2) is 18.2 Å². The number of nitrogens with one attached hydrogen (secondary N) is 1. The summed E-state index contributed by atoms with van der Waals surface area (Å²) in [6.45, 7) is 11.0. The van der Waals surface area contributed by atoms with Crippen molar-refractivity contribution in [3.63, 3.8) is 0 Å². The number of morpholine rings is 2. The molecule has 184 valence electrons. The molecule has 4 heterocycles. The van der Waals surface area contributed by atoms with E-state index in [4.69, 9.17) is 14.5 Å². The van der Waals surface area contributed by atoms with E-state index in [0.717, 1.165) is 50.7 Å². The molecule has 2 bridgehead atoms. The lowest BCUT2D eigenvalue weighted by Gasteiger charge is -2.34. The molecular formula is C23H38N6O4. The van der Waals surface area contributed by atoms with Crippen LogP contribution in [-0.2, 0) is 27.4 Å². The molecule has 2 saturated heterocycles. The highest BCUT2D eigenvalue weighted by Crippen LogP contribution is 2.11. The SMILES string of the molecule is O=C(CN1CCNCCN(CC(O)N2CCOCC2)Cc2cccc(n2)C1)N1CCOCC1. The van der Waals surface area contributed by atoms with Crippen LogP contribution in [0, 0.1) is 0 Å². The highest BCUT2D eigenvalue weighted by Gasteiger charge is 2.23. The van der Waals surface area contributed by atoms with Gasteiger partial charge in [0.25, 0.3) is 0 Å². The van der Waals surface area contributed by atoms with Gasteiger partial charge in [0.05, 0.1) is 44.4 Å². The Kier molecular flexibility index (Phi) is 9.42. The molecule has 33 heavy (non-hydrogen) atoms. The zero-order valence-electron chi connectivity index (χ0n) is 19.5. The number of rotatable bonds is 5. The molecule has 0 spiro atoms. The standard InChI is InChI=1S/C23H38N6O4/c30-22(28-8-12-32-13-9-28)18-26-6-4-24-5-7-27(17-21-3-1-2-20(16-26)25-21)19-23(31)29-10-14-33-15-11-29/h1-3,22,24,30H,4-19H2. The van der Waals surface area contributed by atoms with Crippen LogP contribution in [0.25, 0.3) is 0 Å². The first-order chi connectivity index (χ1) is 16.2. The van der Waals surface area contributed by atoms with Crippen LogP contribution in [-0.4, -0.2) is 134 Å². The summed E-state index contributed by atoms with van der Waals surface area (Å²) in [6.07, 6.45) is -0.508. The molecule has 4 rings (SSSR count). The monoisotopic (exact) mass is 462 g/mol. The minimum atomic E-state index is -0.508. The third kappa shape index (κ3) is 7.68. The first-order valence-electron chi connectivity index (χ1n) is 12.1. The summed E-state index contributed by atoms with van der Waals surface area (Å²) in [5.74, 6) is 0.157. The summed E-state index contributed by atoms with van der Waals surface area (Å²) in [7, 11) is 0. The number of pyridine rings is 1. The molecule has 0 radical (unpaired) electrons. The van der Waals surface area contributed by atoms with Crippen LogP contribution >= 0.6 is 0 Å². The van der Waals surface area contributed by atoms with Crippen LogP contribution in [0.1, 0.15) is 11.4 Å². The Balaban J connectivity index is 1.38. The van der Waals surface area contributed by atoms with E-state index in [9.17, 15) is 9.90 Å². The number of aromatic nitrogens is 1. The summed E-state index contributed by atoms with van der Waals surface area (Å²) in [5, 5.41) is 14.3. The Morgan fingerprint density at radius 1 is 0.939 bits per heavy atom. The van der Waals surface area contributed by atoms with Crippen molar-refractivity contribution in [2.45, 2.75) is 19.3 Å². The fraction of sp³-hybridized carbons (Fsp3) is 0.739. The lowest BCUT2D eigenvalue weighted by Crippen LogP contribution is -2.50. The predicted molar refractivity (Wildman–Crippen MR) is 123 cm³/mol. The molecule has 10 nitrogen and oxygen atoms in total. The summed E-state index contributed by atoms with van der Waals surface area (Å²) < 4.78 is 10.8. The number of carbonyl (C=O) groups is 1. The van der Waals surface area contributed by atoms with Gasteiger partial charge in [-0.2, -0.15) is 0 Å². The maximum atomic E-state index is 12.8. The summed E-state index contributed by atoms with van der Waals surface area (Å²) in [6, 6.07) is 6.11. The summed E-state index contributed by atoms with van der Waals surface area (Å²) in [5.41, 5.74) is 1.96. The topological polar surface area (TPSA) is 93.6 Å². The van der Waals surface area contributed by atoms with Crippen molar-refractivity contribution < 1.29 is 19.4 Å². The first-order valence-corrected chi connectivity index (χ1v) is 12.1. The molecule has 2 N–H and O–H groups in total. The van der Waals surface area contributed by atoms with Gasteiger partial charge < -0.3 is 24.8 Å². The largest absolute Gasteiger partial charge is 0.379 e. The molecule has 1 atom stereocenters. The molecule has 0 aromatic carbocycles. The Labute approximate surface area is 196 Å². The molecule has 2 fully saturated rings. The van der Waals surface area contributed by atoms with E-state index >= 15 is 0 Å². The molecule has 0 aliphatic carbocycles. The molecule has 3 aliphatic heterocycles. The van der Waals surface area contributed by atoms with Crippen molar-refractivity contribution in [1.29, 1.82) is 0 Å². The number of aliphatic hydroxyl groups is 1. The van der Waals surface area contributed by atoms with E-state index in [-0.39, 0.29) is 5.91 Å². The maximum absolute atomic E-state index is 12.8. The minimum absolute atomic E-state index is 0.157. The predicted octanol–water partition coefficient (Wildman–Crippen LogP) is -1.20. The molecule has 1 unspecified atom stereocenters. The number of aliphatic hydroxyl groups excluding tert-OH is 1. The average Bonchev–Trinajstić information content (AvgIpc) is 2.84. The van der Waals surface area contributed by atoms with E-state index in [2.05, 4.69) is 20.0 Å². The Hall–Kier alpha value is -1.66. The molecule has 1 aromatic rings. The third-order valence-electron chi connectivity index (χ3n) is 6.46. The van der Waals surface area contributed by atoms with Gasteiger partial charge in [-0.05, 0) is 12.1 Å². The maximum Gasteiger partial charge on any atom is 0.236 e. The molecule has 0 saturated carbocycles. The Morgan fingerprint density at radius 3 is 2.24 bits per heavy atom. The van der Waals surface area contributed by atoms with E-state index in [1.165, 1.54) is 0 Å². The smallest absolute Gasteiger partial charge is 0.236 e. The minimum Gasteiger partial charge on any atom is -0.379 e. The number of nitrogens with zero attached hydrogens (tertiary/aromatic N) is 5. The van der Waals surface area contributed by atoms with Gasteiger partial charge in [0.15, 0.2) is 0 Å². The van der Waals surface area contributed by atoms with Crippen molar-refractivity contribution in [3.05, 3.63) is 29.6 Å². The van der Waals surface area contributed by atoms with Gasteiger partial charge in [0.1, 0.15) is 6.23 Å². The van der Waals surface area contributed by atoms with E-state index in [1.807, 2.05) is 23.1 Å². The zero-order valence-corrected chi connectivity index (χ0v) is 19.5. The number of carbonyl (C=O) groups excluding carboxylic acids is 1. The van der Waals surface area contributed by atoms with Crippen LogP contribution in [0.5, 0.6) is 0 Å². The number of fused-ring (bicyclic) bond motifs is 2. The second kappa shape index (κ2) is 12.7. The molecule has 10 heteroatoms. The van der Waals surface area contributed by atoms with Gasteiger partial charge in [0.2, 0.25) is 5.91 Å². The van der Waals surface area contributed by atoms with E-state index in [1.54, 1.807) is 0 Å². The second-order valence-corrected chi connectivity index (χ2v) is 8.94. The van der Waals surface area contributed by atoms with Gasteiger partial charge >= 0.3 is 0 Å². The van der Waals surface area contributed by atoms with Gasteiger partial charge in [-0.25, -0.2) is 0 Å². The van der Waals surface area contributed by atoms with Crippen molar-refractivity contribution in [2.75, 3.05) is 91.9 Å². The Morgan fingerprint density at radius 2 is 1.55 bits per heavy atom. The van der Waals surface area contributed by atoms with Crippen LogP contribution in [0.4, 0.5) is 0 Å². The number of ether oxygens (including phenoxy) is 2. The number of β-amino-alcohol motifs (C(OH)–C–C–N with tert-alkyl or cyclic N) is 1. The number of hydrogen-bond donors (Lipinski definition) is 2. The average molecular weight is 463 g/mol. The fourth-order valence-electron chi connectivity index (χ4n) is 4.54. The quantitative estimate of drug-likeness (QED) is 0.560. The summed E-state index contributed by atoms with van der Waals surface area (Å²) in [4.78, 5) is 26.1. The zero-order chi connectivity index (χ0) is 22.9. The van der Waals surface area contributed by atoms with Gasteiger partial charge in [0, 0.05) is 72.0 Å². The number of hydrogen-bond acceptors (Lipinski definition) is 9.